The second-order valence-electron chi connectivity index (χ2n) is 8.16. The lowest BCUT2D eigenvalue weighted by molar-refractivity contribution is -0.149. The third-order valence-electron chi connectivity index (χ3n) is 5.75. The van der Waals surface area contributed by atoms with Gasteiger partial charge in [0.2, 0.25) is 0 Å². The minimum atomic E-state index is -0.943. The summed E-state index contributed by atoms with van der Waals surface area (Å²) in [4.78, 5) is 11.3. The van der Waals surface area contributed by atoms with E-state index in [4.69, 9.17) is 9.47 Å². The van der Waals surface area contributed by atoms with Gasteiger partial charge in [-0.3, -0.25) is 0 Å². The molecule has 0 aliphatic heterocycles. The summed E-state index contributed by atoms with van der Waals surface area (Å²) in [5.41, 5.74) is 9.65. The number of aryl methyl sites for hydroxylation is 2. The minimum Gasteiger partial charge on any atom is -0.490 e. The maximum Gasteiger partial charge on any atom is 0.333 e. The Balaban J connectivity index is 1.48. The van der Waals surface area contributed by atoms with Crippen molar-refractivity contribution < 1.29 is 19.4 Å². The van der Waals surface area contributed by atoms with E-state index in [1.165, 1.54) is 39.0 Å². The summed E-state index contributed by atoms with van der Waals surface area (Å²) < 4.78 is 11.3. The molecule has 1 atom stereocenters. The van der Waals surface area contributed by atoms with Crippen molar-refractivity contribution in [3.63, 3.8) is 0 Å². The lowest BCUT2D eigenvalue weighted by Crippen LogP contribution is -2.26. The molecular formula is C28H28O4. The number of rotatable bonds is 8. The van der Waals surface area contributed by atoms with Gasteiger partial charge in [0.1, 0.15) is 12.4 Å². The highest BCUT2D eigenvalue weighted by atomic mass is 16.5. The van der Waals surface area contributed by atoms with E-state index >= 15 is 0 Å². The molecule has 1 unspecified atom stereocenters. The first-order valence-electron chi connectivity index (χ1n) is 10.9. The molecule has 1 aliphatic carbocycles. The molecule has 4 nitrogen and oxygen atoms in total. The molecule has 0 saturated heterocycles. The molecule has 164 valence electrons. The molecule has 1 aliphatic rings. The van der Waals surface area contributed by atoms with Crippen molar-refractivity contribution in [2.45, 2.75) is 33.3 Å². The van der Waals surface area contributed by atoms with Crippen LogP contribution < -0.4 is 4.74 Å². The average Bonchev–Trinajstić information content (AvgIpc) is 3.06. The second-order valence-corrected chi connectivity index (χ2v) is 8.16. The molecule has 4 heteroatoms. The van der Waals surface area contributed by atoms with E-state index in [-0.39, 0.29) is 0 Å². The molecule has 0 spiro atoms. The zero-order chi connectivity index (χ0) is 22.7. The first-order valence-corrected chi connectivity index (χ1v) is 10.9. The van der Waals surface area contributed by atoms with Crippen LogP contribution in [0.3, 0.4) is 0 Å². The summed E-state index contributed by atoms with van der Waals surface area (Å²) >= 11 is 0. The van der Waals surface area contributed by atoms with Crippen LogP contribution in [0.4, 0.5) is 0 Å². The number of carbonyl (C=O) groups is 1. The molecular weight excluding hydrogens is 400 g/mol. The number of carboxylic acid groups (broad SMARTS) is 1. The van der Waals surface area contributed by atoms with Crippen molar-refractivity contribution in [1.29, 1.82) is 0 Å². The van der Waals surface area contributed by atoms with Gasteiger partial charge in [0.25, 0.3) is 0 Å². The number of hydrogen-bond donors (Lipinski definition) is 1. The first-order chi connectivity index (χ1) is 15.5. The van der Waals surface area contributed by atoms with Crippen molar-refractivity contribution in [2.24, 2.45) is 0 Å². The minimum absolute atomic E-state index is 0.333. The number of ether oxygens (including phenoxy) is 2. The monoisotopic (exact) mass is 428 g/mol. The van der Waals surface area contributed by atoms with Crippen LogP contribution in [0.5, 0.6) is 5.75 Å². The largest absolute Gasteiger partial charge is 0.490 e. The summed E-state index contributed by atoms with van der Waals surface area (Å²) in [7, 11) is 0. The van der Waals surface area contributed by atoms with Crippen LogP contribution in [-0.2, 0) is 16.0 Å². The fraction of sp³-hybridized carbons (Fsp3) is 0.250. The van der Waals surface area contributed by atoms with Gasteiger partial charge in [-0.2, -0.15) is 0 Å². The number of fused-ring (bicyclic) bond motifs is 3. The lowest BCUT2D eigenvalue weighted by atomic mass is 10.0. The summed E-state index contributed by atoms with van der Waals surface area (Å²) in [6, 6.07) is 20.7. The number of hydrogen-bond acceptors (Lipinski definition) is 3. The Morgan fingerprint density at radius 2 is 1.50 bits per heavy atom. The van der Waals surface area contributed by atoms with Gasteiger partial charge in [0.05, 0.1) is 0 Å². The van der Waals surface area contributed by atoms with E-state index in [2.05, 4.69) is 56.3 Å². The third kappa shape index (κ3) is 4.61. The van der Waals surface area contributed by atoms with Crippen LogP contribution in [0.25, 0.3) is 16.7 Å². The zero-order valence-electron chi connectivity index (χ0n) is 18.7. The lowest BCUT2D eigenvalue weighted by Gasteiger charge is -2.12. The van der Waals surface area contributed by atoms with Crippen molar-refractivity contribution >= 4 is 11.5 Å². The smallest absolute Gasteiger partial charge is 0.333 e. The van der Waals surface area contributed by atoms with Crippen molar-refractivity contribution in [3.8, 4) is 16.9 Å². The molecule has 1 N–H and O–H groups in total. The third-order valence-corrected chi connectivity index (χ3v) is 5.75. The molecule has 0 bridgehead atoms. The van der Waals surface area contributed by atoms with Crippen molar-refractivity contribution in [3.05, 3.63) is 94.6 Å². The fourth-order valence-electron chi connectivity index (χ4n) is 4.17. The zero-order valence-corrected chi connectivity index (χ0v) is 18.7. The Kier molecular flexibility index (Phi) is 6.42. The van der Waals surface area contributed by atoms with Gasteiger partial charge in [-0.25, -0.2) is 4.79 Å². The Labute approximate surface area is 189 Å². The van der Waals surface area contributed by atoms with Crippen molar-refractivity contribution in [1.82, 2.24) is 0 Å². The van der Waals surface area contributed by atoms with Crippen LogP contribution in [-0.4, -0.2) is 30.4 Å². The summed E-state index contributed by atoms with van der Waals surface area (Å²) in [5, 5.41) is 9.25. The Morgan fingerprint density at radius 3 is 2.03 bits per heavy atom. The highest BCUT2D eigenvalue weighted by Gasteiger charge is 2.23. The topological polar surface area (TPSA) is 55.8 Å². The highest BCUT2D eigenvalue weighted by Crippen LogP contribution is 2.44. The van der Waals surface area contributed by atoms with Crippen LogP contribution in [0.15, 0.2) is 66.7 Å². The fourth-order valence-corrected chi connectivity index (χ4v) is 4.17. The molecule has 0 saturated carbocycles. The van der Waals surface area contributed by atoms with Gasteiger partial charge in [-0.1, -0.05) is 59.7 Å². The quantitative estimate of drug-likeness (QED) is 0.384. The number of carboxylic acids is 1. The molecule has 0 fully saturated rings. The summed E-state index contributed by atoms with van der Waals surface area (Å²) in [6.07, 6.45) is 1.64. The Morgan fingerprint density at radius 1 is 0.906 bits per heavy atom. The number of aliphatic carboxylic acids is 1. The predicted octanol–water partition coefficient (Wildman–Crippen LogP) is 5.83. The second kappa shape index (κ2) is 9.41. The Hall–Kier alpha value is -3.37. The molecule has 32 heavy (non-hydrogen) atoms. The average molecular weight is 429 g/mol. The molecule has 0 aromatic heterocycles. The molecule has 3 aromatic rings. The van der Waals surface area contributed by atoms with Crippen LogP contribution in [0, 0.1) is 13.8 Å². The normalized spacial score (nSPS) is 12.8. The Bertz CT molecular complexity index is 1110. The van der Waals surface area contributed by atoms with Crippen LogP contribution in [0.2, 0.25) is 0 Å². The van der Waals surface area contributed by atoms with E-state index in [1.807, 2.05) is 24.3 Å². The molecule has 3 aromatic carbocycles. The van der Waals surface area contributed by atoms with E-state index < -0.39 is 12.1 Å². The van der Waals surface area contributed by atoms with Gasteiger partial charge in [0, 0.05) is 13.0 Å². The molecule has 4 rings (SSSR count). The first kappa shape index (κ1) is 21.8. The highest BCUT2D eigenvalue weighted by molar-refractivity contribution is 6.01. The summed E-state index contributed by atoms with van der Waals surface area (Å²) in [5.74, 6) is -0.193. The standard InChI is InChI=1S/C28H28O4/c1-4-31-27(28(29)30)17-20-7-9-21(10-8-20)32-14-13-24-22-11-5-18(2)15-25(22)26-16-19(3)6-12-23(24)26/h5-13,15-16,27H,4,14,17H2,1-3H3,(H,29,30). The van der Waals surface area contributed by atoms with E-state index in [1.54, 1.807) is 6.92 Å². The predicted molar refractivity (Wildman–Crippen MR) is 127 cm³/mol. The SMILES string of the molecule is CCOC(Cc1ccc(OCC=C2c3ccc(C)cc3-c3cc(C)ccc32)cc1)C(=O)O. The van der Waals surface area contributed by atoms with Gasteiger partial charge < -0.3 is 14.6 Å². The summed E-state index contributed by atoms with van der Waals surface area (Å²) in [6.45, 7) is 6.86. The van der Waals surface area contributed by atoms with Gasteiger partial charge in [-0.05, 0) is 72.4 Å². The molecule has 0 radical (unpaired) electrons. The van der Waals surface area contributed by atoms with Crippen LogP contribution in [0.1, 0.15) is 34.7 Å². The number of benzene rings is 3. The maximum atomic E-state index is 11.3. The van der Waals surface area contributed by atoms with Crippen LogP contribution >= 0.6 is 0 Å². The molecule has 0 amide bonds. The van der Waals surface area contributed by atoms with Gasteiger partial charge >= 0.3 is 5.97 Å². The van der Waals surface area contributed by atoms with E-state index in [9.17, 15) is 9.90 Å². The van der Waals surface area contributed by atoms with Gasteiger partial charge in [0.15, 0.2) is 6.10 Å². The maximum absolute atomic E-state index is 11.3. The van der Waals surface area contributed by atoms with E-state index in [0.29, 0.717) is 19.6 Å². The molecule has 0 heterocycles. The van der Waals surface area contributed by atoms with E-state index in [0.717, 1.165) is 11.3 Å². The van der Waals surface area contributed by atoms with Crippen molar-refractivity contribution in [2.75, 3.05) is 13.2 Å². The van der Waals surface area contributed by atoms with Gasteiger partial charge in [-0.15, -0.1) is 0 Å².